The van der Waals surface area contributed by atoms with Crippen LogP contribution in [0.2, 0.25) is 0 Å². The highest BCUT2D eigenvalue weighted by Gasteiger charge is 2.24. The number of piperidine rings is 1. The van der Waals surface area contributed by atoms with Crippen molar-refractivity contribution in [2.75, 3.05) is 44.6 Å². The zero-order chi connectivity index (χ0) is 21.5. The van der Waals surface area contributed by atoms with Crippen LogP contribution in [0.4, 0.5) is 5.95 Å². The fraction of sp³-hybridized carbons (Fsp3) is 0.600. The van der Waals surface area contributed by atoms with Gasteiger partial charge in [-0.2, -0.15) is 4.98 Å². The second kappa shape index (κ2) is 10.5. The molecule has 0 amide bonds. The third kappa shape index (κ3) is 4.79. The molecule has 2 aromatic heterocycles. The Balaban J connectivity index is 2.14. The Hall–Kier alpha value is -2.51. The number of nitrogens with zero attached hydrogens (tertiary/aromatic N) is 5. The van der Waals surface area contributed by atoms with E-state index in [2.05, 4.69) is 21.7 Å². The van der Waals surface area contributed by atoms with Gasteiger partial charge in [-0.1, -0.05) is 17.7 Å². The molecule has 9 nitrogen and oxygen atoms in total. The standard InChI is InChI=1S/C20H27N5O4S/c1-4-5-11-24-16-17(21-19(24)23-9-7-6-8-10-23)22-20(30-14-15(26)29-3)25(18(16)27)12-13-28-2/h6-14H2,1-3H3. The van der Waals surface area contributed by atoms with E-state index in [1.54, 1.807) is 14.0 Å². The van der Waals surface area contributed by atoms with E-state index in [0.29, 0.717) is 36.0 Å². The molecule has 0 N–H and O–H groups in total. The Morgan fingerprint density at radius 1 is 1.17 bits per heavy atom. The van der Waals surface area contributed by atoms with Gasteiger partial charge >= 0.3 is 5.97 Å². The number of hydrogen-bond acceptors (Lipinski definition) is 8. The molecule has 1 fully saturated rings. The van der Waals surface area contributed by atoms with E-state index in [0.717, 1.165) is 43.6 Å². The van der Waals surface area contributed by atoms with Gasteiger partial charge in [0, 0.05) is 20.2 Å². The number of carbonyl (C=O) groups is 1. The molecular weight excluding hydrogens is 406 g/mol. The van der Waals surface area contributed by atoms with Gasteiger partial charge in [-0.25, -0.2) is 4.98 Å². The van der Waals surface area contributed by atoms with E-state index in [4.69, 9.17) is 14.5 Å². The predicted octanol–water partition coefficient (Wildman–Crippen LogP) is 1.52. The Kier molecular flexibility index (Phi) is 7.76. The lowest BCUT2D eigenvalue weighted by atomic mass is 10.1. The third-order valence-electron chi connectivity index (χ3n) is 4.93. The van der Waals surface area contributed by atoms with Crippen LogP contribution in [0.5, 0.6) is 0 Å². The van der Waals surface area contributed by atoms with E-state index in [9.17, 15) is 9.59 Å². The molecule has 0 spiro atoms. The molecule has 10 heteroatoms. The van der Waals surface area contributed by atoms with Gasteiger partial charge in [0.2, 0.25) is 5.95 Å². The number of fused-ring (bicyclic) bond motifs is 1. The molecule has 3 rings (SSSR count). The Bertz CT molecular complexity index is 1010. The van der Waals surface area contributed by atoms with Crippen LogP contribution in [-0.2, 0) is 27.4 Å². The van der Waals surface area contributed by atoms with Crippen LogP contribution in [0, 0.1) is 11.8 Å². The smallest absolute Gasteiger partial charge is 0.316 e. The summed E-state index contributed by atoms with van der Waals surface area (Å²) in [5.74, 6) is 6.35. The molecule has 2 aromatic rings. The lowest BCUT2D eigenvalue weighted by molar-refractivity contribution is -0.137. The fourth-order valence-electron chi connectivity index (χ4n) is 3.40. The highest BCUT2D eigenvalue weighted by molar-refractivity contribution is 7.99. The summed E-state index contributed by atoms with van der Waals surface area (Å²) in [6.45, 7) is 4.60. The molecule has 1 aliphatic rings. The van der Waals surface area contributed by atoms with Gasteiger partial charge in [0.1, 0.15) is 0 Å². The molecule has 0 aliphatic carbocycles. The van der Waals surface area contributed by atoms with Crippen molar-refractivity contribution in [1.82, 2.24) is 19.1 Å². The van der Waals surface area contributed by atoms with Crippen molar-refractivity contribution in [3.8, 4) is 11.8 Å². The molecule has 162 valence electrons. The van der Waals surface area contributed by atoms with Gasteiger partial charge in [0.25, 0.3) is 5.56 Å². The van der Waals surface area contributed by atoms with Crippen molar-refractivity contribution in [2.45, 2.75) is 44.4 Å². The zero-order valence-corrected chi connectivity index (χ0v) is 18.5. The van der Waals surface area contributed by atoms with Gasteiger partial charge < -0.3 is 14.4 Å². The summed E-state index contributed by atoms with van der Waals surface area (Å²) in [4.78, 5) is 36.6. The highest BCUT2D eigenvalue weighted by atomic mass is 32.2. The normalized spacial score (nSPS) is 13.9. The Morgan fingerprint density at radius 3 is 2.60 bits per heavy atom. The van der Waals surface area contributed by atoms with E-state index >= 15 is 0 Å². The quantitative estimate of drug-likeness (QED) is 0.268. The number of methoxy groups -OCH3 is 2. The van der Waals surface area contributed by atoms with Crippen molar-refractivity contribution < 1.29 is 14.3 Å². The van der Waals surface area contributed by atoms with Gasteiger partial charge in [0.15, 0.2) is 16.3 Å². The molecule has 0 aromatic carbocycles. The number of ether oxygens (including phenoxy) is 2. The monoisotopic (exact) mass is 433 g/mol. The summed E-state index contributed by atoms with van der Waals surface area (Å²) < 4.78 is 13.3. The molecule has 3 heterocycles. The number of thioether (sulfide) groups is 1. The number of rotatable bonds is 8. The summed E-state index contributed by atoms with van der Waals surface area (Å²) >= 11 is 1.16. The maximum absolute atomic E-state index is 13.5. The maximum atomic E-state index is 13.5. The molecule has 1 saturated heterocycles. The van der Waals surface area contributed by atoms with Crippen LogP contribution < -0.4 is 10.5 Å². The first-order chi connectivity index (χ1) is 14.6. The van der Waals surface area contributed by atoms with E-state index in [1.807, 2.05) is 4.57 Å². The van der Waals surface area contributed by atoms with Gasteiger partial charge in [0.05, 0.1) is 32.6 Å². The minimum atomic E-state index is -0.384. The van der Waals surface area contributed by atoms with Crippen LogP contribution in [0.3, 0.4) is 0 Å². The fourth-order valence-corrected chi connectivity index (χ4v) is 4.24. The molecule has 0 bridgehead atoms. The number of esters is 1. The van der Waals surface area contributed by atoms with Crippen molar-refractivity contribution in [2.24, 2.45) is 0 Å². The van der Waals surface area contributed by atoms with Crippen LogP contribution in [0.1, 0.15) is 26.2 Å². The molecule has 0 saturated carbocycles. The van der Waals surface area contributed by atoms with Gasteiger partial charge in [-0.05, 0) is 26.2 Å². The first kappa shape index (κ1) is 22.2. The summed E-state index contributed by atoms with van der Waals surface area (Å²) in [6, 6.07) is 0. The van der Waals surface area contributed by atoms with Crippen molar-refractivity contribution in [3.05, 3.63) is 10.4 Å². The summed E-state index contributed by atoms with van der Waals surface area (Å²) in [5.41, 5.74) is 0.592. The number of carbonyl (C=O) groups excluding carboxylic acids is 1. The SMILES string of the molecule is CC#CCn1c(N2CCCCC2)nc2nc(SCC(=O)OC)n(CCOC)c(=O)c21. The summed E-state index contributed by atoms with van der Waals surface area (Å²) in [7, 11) is 2.91. The largest absolute Gasteiger partial charge is 0.468 e. The predicted molar refractivity (Wildman–Crippen MR) is 116 cm³/mol. The van der Waals surface area contributed by atoms with Crippen LogP contribution in [-0.4, -0.2) is 64.7 Å². The molecule has 0 atom stereocenters. The van der Waals surface area contributed by atoms with Crippen molar-refractivity contribution in [1.29, 1.82) is 0 Å². The second-order valence-electron chi connectivity index (χ2n) is 6.85. The Labute approximate surface area is 179 Å². The van der Waals surface area contributed by atoms with E-state index < -0.39 is 0 Å². The van der Waals surface area contributed by atoms with Crippen LogP contribution in [0.25, 0.3) is 11.2 Å². The molecule has 30 heavy (non-hydrogen) atoms. The molecular formula is C20H27N5O4S. The minimum absolute atomic E-state index is 0.0580. The van der Waals surface area contributed by atoms with E-state index in [1.165, 1.54) is 18.1 Å². The summed E-state index contributed by atoms with van der Waals surface area (Å²) in [5, 5.41) is 0.423. The first-order valence-electron chi connectivity index (χ1n) is 9.94. The molecule has 0 unspecified atom stereocenters. The van der Waals surface area contributed by atoms with Crippen molar-refractivity contribution in [3.63, 3.8) is 0 Å². The highest BCUT2D eigenvalue weighted by Crippen LogP contribution is 2.25. The number of hydrogen-bond donors (Lipinski definition) is 0. The van der Waals surface area contributed by atoms with Crippen LogP contribution >= 0.6 is 11.8 Å². The van der Waals surface area contributed by atoms with E-state index in [-0.39, 0.29) is 17.3 Å². The van der Waals surface area contributed by atoms with Crippen molar-refractivity contribution >= 4 is 34.8 Å². The van der Waals surface area contributed by atoms with Crippen LogP contribution in [0.15, 0.2) is 9.95 Å². The van der Waals surface area contributed by atoms with Gasteiger partial charge in [-0.15, -0.1) is 5.92 Å². The molecule has 0 radical (unpaired) electrons. The lowest BCUT2D eigenvalue weighted by Gasteiger charge is -2.27. The maximum Gasteiger partial charge on any atom is 0.316 e. The van der Waals surface area contributed by atoms with Gasteiger partial charge in [-0.3, -0.25) is 18.7 Å². The topological polar surface area (TPSA) is 91.5 Å². The number of aromatic nitrogens is 4. The number of anilines is 1. The average Bonchev–Trinajstić information content (AvgIpc) is 3.14. The summed E-state index contributed by atoms with van der Waals surface area (Å²) in [6.07, 6.45) is 3.38. The minimum Gasteiger partial charge on any atom is -0.468 e. The zero-order valence-electron chi connectivity index (χ0n) is 17.6. The third-order valence-corrected chi connectivity index (χ3v) is 5.88. The molecule has 1 aliphatic heterocycles. The average molecular weight is 434 g/mol. The first-order valence-corrected chi connectivity index (χ1v) is 10.9. The second-order valence-corrected chi connectivity index (χ2v) is 7.80. The lowest BCUT2D eigenvalue weighted by Crippen LogP contribution is -2.32. The number of imidazole rings is 1. The Morgan fingerprint density at radius 2 is 1.93 bits per heavy atom.